The second kappa shape index (κ2) is 6.21. The van der Waals surface area contributed by atoms with E-state index < -0.39 is 5.92 Å². The SMILES string of the molecule is Cc1ccc(C(C#N)C(=O)c2ccc(Cl)c(Br)c2)cc1. The van der Waals surface area contributed by atoms with Gasteiger partial charge in [-0.3, -0.25) is 4.79 Å². The Hall–Kier alpha value is -1.63. The molecule has 0 aliphatic carbocycles. The highest BCUT2D eigenvalue weighted by molar-refractivity contribution is 9.10. The Morgan fingerprint density at radius 1 is 1.25 bits per heavy atom. The number of ketones is 1. The average Bonchev–Trinajstić information content (AvgIpc) is 2.44. The van der Waals surface area contributed by atoms with Crippen molar-refractivity contribution in [2.75, 3.05) is 0 Å². The van der Waals surface area contributed by atoms with E-state index in [-0.39, 0.29) is 5.78 Å². The summed E-state index contributed by atoms with van der Waals surface area (Å²) in [5.74, 6) is -1.03. The van der Waals surface area contributed by atoms with Crippen molar-refractivity contribution >= 4 is 33.3 Å². The van der Waals surface area contributed by atoms with Gasteiger partial charge < -0.3 is 0 Å². The predicted molar refractivity (Wildman–Crippen MR) is 83.0 cm³/mol. The first-order chi connectivity index (χ1) is 9.52. The number of nitriles is 1. The van der Waals surface area contributed by atoms with Gasteiger partial charge in [0.25, 0.3) is 0 Å². The number of aryl methyl sites for hydroxylation is 1. The number of nitrogens with zero attached hydrogens (tertiary/aromatic N) is 1. The summed E-state index contributed by atoms with van der Waals surface area (Å²) >= 11 is 9.19. The fourth-order valence-electron chi connectivity index (χ4n) is 1.86. The van der Waals surface area contributed by atoms with Crippen LogP contribution in [0.4, 0.5) is 0 Å². The van der Waals surface area contributed by atoms with Gasteiger partial charge in [-0.15, -0.1) is 0 Å². The van der Waals surface area contributed by atoms with Crippen LogP contribution in [0.25, 0.3) is 0 Å². The summed E-state index contributed by atoms with van der Waals surface area (Å²) in [7, 11) is 0. The minimum absolute atomic E-state index is 0.228. The molecule has 4 heteroatoms. The third kappa shape index (κ3) is 3.09. The molecular formula is C16H11BrClNO. The molecule has 0 aliphatic heterocycles. The molecule has 0 amide bonds. The van der Waals surface area contributed by atoms with Crippen LogP contribution in [0.5, 0.6) is 0 Å². The summed E-state index contributed by atoms with van der Waals surface area (Å²) in [6, 6.07) is 14.4. The maximum absolute atomic E-state index is 12.4. The number of carbonyl (C=O) groups is 1. The summed E-state index contributed by atoms with van der Waals surface area (Å²) in [5, 5.41) is 9.83. The van der Waals surface area contributed by atoms with Gasteiger partial charge in [0.05, 0.1) is 11.1 Å². The van der Waals surface area contributed by atoms with E-state index in [1.165, 1.54) is 0 Å². The maximum atomic E-state index is 12.4. The fraction of sp³-hybridized carbons (Fsp3) is 0.125. The van der Waals surface area contributed by atoms with Gasteiger partial charge in [0.1, 0.15) is 5.92 Å². The Labute approximate surface area is 131 Å². The van der Waals surface area contributed by atoms with Crippen LogP contribution in [-0.2, 0) is 0 Å². The van der Waals surface area contributed by atoms with Crippen LogP contribution in [-0.4, -0.2) is 5.78 Å². The molecule has 0 radical (unpaired) electrons. The van der Waals surface area contributed by atoms with E-state index >= 15 is 0 Å². The van der Waals surface area contributed by atoms with E-state index in [1.807, 2.05) is 31.2 Å². The Morgan fingerprint density at radius 2 is 1.90 bits per heavy atom. The molecule has 1 unspecified atom stereocenters. The van der Waals surface area contributed by atoms with Gasteiger partial charge in [-0.2, -0.15) is 5.26 Å². The number of hydrogen-bond donors (Lipinski definition) is 0. The van der Waals surface area contributed by atoms with E-state index in [9.17, 15) is 10.1 Å². The standard InChI is InChI=1S/C16H11BrClNO/c1-10-2-4-11(5-3-10)13(9-19)16(20)12-6-7-15(18)14(17)8-12/h2-8,13H,1H3. The van der Waals surface area contributed by atoms with Crippen molar-refractivity contribution in [3.8, 4) is 6.07 Å². The zero-order chi connectivity index (χ0) is 14.7. The van der Waals surface area contributed by atoms with Crippen molar-refractivity contribution in [3.05, 3.63) is 68.7 Å². The van der Waals surface area contributed by atoms with Gasteiger partial charge in [-0.25, -0.2) is 0 Å². The molecule has 0 fully saturated rings. The van der Waals surface area contributed by atoms with Crippen molar-refractivity contribution in [2.24, 2.45) is 0 Å². The minimum atomic E-state index is -0.802. The number of Topliss-reactive ketones (excluding diaryl/α,β-unsaturated/α-hetero) is 1. The maximum Gasteiger partial charge on any atom is 0.184 e. The smallest absolute Gasteiger partial charge is 0.184 e. The Balaban J connectivity index is 2.36. The zero-order valence-electron chi connectivity index (χ0n) is 10.7. The highest BCUT2D eigenvalue weighted by atomic mass is 79.9. The molecule has 0 aromatic heterocycles. The molecule has 20 heavy (non-hydrogen) atoms. The summed E-state index contributed by atoms with van der Waals surface area (Å²) < 4.78 is 0.644. The summed E-state index contributed by atoms with van der Waals surface area (Å²) in [6.45, 7) is 1.96. The molecule has 2 aromatic carbocycles. The molecule has 100 valence electrons. The first-order valence-corrected chi connectivity index (χ1v) is 7.15. The van der Waals surface area contributed by atoms with Gasteiger partial charge in [0.2, 0.25) is 0 Å². The Morgan fingerprint density at radius 3 is 2.45 bits per heavy atom. The van der Waals surface area contributed by atoms with Crippen LogP contribution in [0.1, 0.15) is 27.4 Å². The Kier molecular flexibility index (Phi) is 4.59. The second-order valence-corrected chi connectivity index (χ2v) is 5.73. The highest BCUT2D eigenvalue weighted by Gasteiger charge is 2.22. The minimum Gasteiger partial charge on any atom is -0.292 e. The molecule has 1 atom stereocenters. The van der Waals surface area contributed by atoms with Crippen LogP contribution < -0.4 is 0 Å². The molecular weight excluding hydrogens is 338 g/mol. The largest absolute Gasteiger partial charge is 0.292 e. The van der Waals surface area contributed by atoms with E-state index in [0.717, 1.165) is 5.56 Å². The molecule has 0 aliphatic rings. The average molecular weight is 349 g/mol. The van der Waals surface area contributed by atoms with Crippen molar-refractivity contribution in [2.45, 2.75) is 12.8 Å². The monoisotopic (exact) mass is 347 g/mol. The van der Waals surface area contributed by atoms with Crippen molar-refractivity contribution in [1.29, 1.82) is 5.26 Å². The number of benzene rings is 2. The van der Waals surface area contributed by atoms with Crippen LogP contribution in [0.15, 0.2) is 46.9 Å². The number of rotatable bonds is 3. The molecule has 0 heterocycles. The lowest BCUT2D eigenvalue weighted by Crippen LogP contribution is -2.11. The normalized spacial score (nSPS) is 11.7. The summed E-state index contributed by atoms with van der Waals surface area (Å²) in [5.41, 5.74) is 2.26. The lowest BCUT2D eigenvalue weighted by Gasteiger charge is -2.09. The first kappa shape index (κ1) is 14.8. The molecule has 0 spiro atoms. The number of hydrogen-bond acceptors (Lipinski definition) is 2. The highest BCUT2D eigenvalue weighted by Crippen LogP contribution is 2.27. The molecule has 0 bridgehead atoms. The van der Waals surface area contributed by atoms with E-state index in [1.54, 1.807) is 18.2 Å². The third-order valence-corrected chi connectivity index (χ3v) is 4.22. The van der Waals surface area contributed by atoms with Crippen molar-refractivity contribution < 1.29 is 4.79 Å². The first-order valence-electron chi connectivity index (χ1n) is 5.98. The molecule has 0 saturated carbocycles. The van der Waals surface area contributed by atoms with E-state index in [4.69, 9.17) is 11.6 Å². The van der Waals surface area contributed by atoms with Crippen LogP contribution in [0.3, 0.4) is 0 Å². The molecule has 2 rings (SSSR count). The lowest BCUT2D eigenvalue weighted by molar-refractivity contribution is 0.0979. The van der Waals surface area contributed by atoms with Crippen LogP contribution in [0, 0.1) is 18.3 Å². The predicted octanol–water partition coefficient (Wildman–Crippen LogP) is 4.90. The molecule has 2 nitrogen and oxygen atoms in total. The van der Waals surface area contributed by atoms with Gasteiger partial charge >= 0.3 is 0 Å². The van der Waals surface area contributed by atoms with Crippen molar-refractivity contribution in [3.63, 3.8) is 0 Å². The van der Waals surface area contributed by atoms with Gasteiger partial charge in [0.15, 0.2) is 5.78 Å². The summed E-state index contributed by atoms with van der Waals surface area (Å²) in [6.07, 6.45) is 0. The van der Waals surface area contributed by atoms with E-state index in [2.05, 4.69) is 22.0 Å². The van der Waals surface area contributed by atoms with Gasteiger partial charge in [-0.1, -0.05) is 41.4 Å². The topological polar surface area (TPSA) is 40.9 Å². The Bertz CT molecular complexity index is 689. The zero-order valence-corrected chi connectivity index (χ0v) is 13.1. The fourth-order valence-corrected chi connectivity index (χ4v) is 2.36. The van der Waals surface area contributed by atoms with Crippen molar-refractivity contribution in [1.82, 2.24) is 0 Å². The van der Waals surface area contributed by atoms with E-state index in [0.29, 0.717) is 20.6 Å². The van der Waals surface area contributed by atoms with Crippen LogP contribution in [0.2, 0.25) is 5.02 Å². The number of carbonyl (C=O) groups excluding carboxylic acids is 1. The second-order valence-electron chi connectivity index (χ2n) is 4.47. The van der Waals surface area contributed by atoms with Gasteiger partial charge in [0, 0.05) is 10.0 Å². The quantitative estimate of drug-likeness (QED) is 0.740. The third-order valence-electron chi connectivity index (χ3n) is 3.01. The lowest BCUT2D eigenvalue weighted by atomic mass is 9.91. The molecule has 2 aromatic rings. The number of halogens is 2. The summed E-state index contributed by atoms with van der Waals surface area (Å²) in [4.78, 5) is 12.4. The molecule has 0 N–H and O–H groups in total. The van der Waals surface area contributed by atoms with Crippen LogP contribution >= 0.6 is 27.5 Å². The molecule has 0 saturated heterocycles. The van der Waals surface area contributed by atoms with Gasteiger partial charge in [-0.05, 0) is 46.6 Å².